The Morgan fingerprint density at radius 2 is 1.93 bits per heavy atom. The van der Waals surface area contributed by atoms with Crippen LogP contribution in [0.3, 0.4) is 0 Å². The summed E-state index contributed by atoms with van der Waals surface area (Å²) in [5.74, 6) is -1.31. The van der Waals surface area contributed by atoms with Crippen molar-refractivity contribution in [2.75, 3.05) is 4.90 Å². The van der Waals surface area contributed by atoms with E-state index in [2.05, 4.69) is 0 Å². The summed E-state index contributed by atoms with van der Waals surface area (Å²) in [6.07, 6.45) is 0.0734. The minimum Gasteiger partial charge on any atom is -0.365 e. The Labute approximate surface area is 170 Å². The van der Waals surface area contributed by atoms with Crippen molar-refractivity contribution in [1.82, 2.24) is 0 Å². The number of nitriles is 1. The molecule has 29 heavy (non-hydrogen) atoms. The second-order valence-corrected chi connectivity index (χ2v) is 7.55. The number of amides is 2. The van der Waals surface area contributed by atoms with Gasteiger partial charge in [-0.25, -0.2) is 0 Å². The summed E-state index contributed by atoms with van der Waals surface area (Å²) >= 11 is 1.01. The second-order valence-electron chi connectivity index (χ2n) is 6.36. The van der Waals surface area contributed by atoms with Gasteiger partial charge in [-0.15, -0.1) is 0 Å². The van der Waals surface area contributed by atoms with Crippen LogP contribution in [0, 0.1) is 28.4 Å². The Balaban J connectivity index is 2.06. The van der Waals surface area contributed by atoms with E-state index in [-0.39, 0.29) is 28.6 Å². The van der Waals surface area contributed by atoms with Crippen LogP contribution in [0.15, 0.2) is 59.1 Å². The van der Waals surface area contributed by atoms with Crippen molar-refractivity contribution in [1.29, 1.82) is 5.26 Å². The molecule has 1 aliphatic rings. The first-order chi connectivity index (χ1) is 13.8. The third-order valence-corrected chi connectivity index (χ3v) is 5.67. The van der Waals surface area contributed by atoms with Crippen molar-refractivity contribution in [3.05, 3.63) is 80.4 Å². The maximum atomic E-state index is 13.2. The molecule has 3 rings (SSSR count). The van der Waals surface area contributed by atoms with Gasteiger partial charge in [-0.05, 0) is 19.1 Å². The zero-order chi connectivity index (χ0) is 21.1. The summed E-state index contributed by atoms with van der Waals surface area (Å²) in [6.45, 7) is 1.89. The van der Waals surface area contributed by atoms with Gasteiger partial charge in [-0.1, -0.05) is 47.7 Å². The topological polar surface area (TPSA) is 130 Å². The second kappa shape index (κ2) is 8.16. The average Bonchev–Trinajstić information content (AvgIpc) is 2.99. The molecule has 1 aliphatic heterocycles. The number of carbonyl (C=O) groups is 2. The molecule has 0 saturated carbocycles. The predicted molar refractivity (Wildman–Crippen MR) is 109 cm³/mol. The summed E-state index contributed by atoms with van der Waals surface area (Å²) < 4.78 is 0. The van der Waals surface area contributed by atoms with Gasteiger partial charge in [0.05, 0.1) is 10.2 Å². The molecule has 0 bridgehead atoms. The van der Waals surface area contributed by atoms with Gasteiger partial charge in [-0.3, -0.25) is 24.6 Å². The number of rotatable bonds is 5. The van der Waals surface area contributed by atoms with Gasteiger partial charge in [0.1, 0.15) is 16.7 Å². The summed E-state index contributed by atoms with van der Waals surface area (Å²) in [5.41, 5.74) is 6.79. The monoisotopic (exact) mass is 408 g/mol. The normalized spacial score (nSPS) is 17.7. The molecular weight excluding hydrogens is 392 g/mol. The van der Waals surface area contributed by atoms with E-state index in [0.29, 0.717) is 11.3 Å². The van der Waals surface area contributed by atoms with Crippen LogP contribution in [0.25, 0.3) is 0 Å². The number of hydrogen-bond donors (Lipinski definition) is 1. The van der Waals surface area contributed by atoms with Gasteiger partial charge in [0, 0.05) is 23.7 Å². The summed E-state index contributed by atoms with van der Waals surface area (Å²) in [6, 6.07) is 15.0. The number of aryl methyl sites for hydroxylation is 1. The largest absolute Gasteiger partial charge is 0.365 e. The van der Waals surface area contributed by atoms with Gasteiger partial charge >= 0.3 is 0 Å². The van der Waals surface area contributed by atoms with Gasteiger partial charge in [0.25, 0.3) is 11.6 Å². The van der Waals surface area contributed by atoms with Crippen LogP contribution in [0.4, 0.5) is 11.4 Å². The fourth-order valence-corrected chi connectivity index (χ4v) is 4.29. The first-order valence-electron chi connectivity index (χ1n) is 8.57. The van der Waals surface area contributed by atoms with E-state index in [1.54, 1.807) is 48.5 Å². The minimum absolute atomic E-state index is 0.0734. The number of benzene rings is 2. The first-order valence-corrected chi connectivity index (χ1v) is 9.45. The lowest BCUT2D eigenvalue weighted by molar-refractivity contribution is -0.385. The van der Waals surface area contributed by atoms with Crippen LogP contribution >= 0.6 is 11.8 Å². The van der Waals surface area contributed by atoms with Gasteiger partial charge in [0.15, 0.2) is 0 Å². The first kappa shape index (κ1) is 20.1. The summed E-state index contributed by atoms with van der Waals surface area (Å²) in [4.78, 5) is 37.0. The number of nitrogens with zero attached hydrogens (tertiary/aromatic N) is 3. The molecule has 0 radical (unpaired) electrons. The Morgan fingerprint density at radius 3 is 2.52 bits per heavy atom. The van der Waals surface area contributed by atoms with Gasteiger partial charge in [-0.2, -0.15) is 5.26 Å². The zero-order valence-corrected chi connectivity index (χ0v) is 16.2. The Morgan fingerprint density at radius 1 is 1.28 bits per heavy atom. The summed E-state index contributed by atoms with van der Waals surface area (Å²) in [5, 5.41) is 20.1. The van der Waals surface area contributed by atoms with Crippen LogP contribution < -0.4 is 10.6 Å². The zero-order valence-electron chi connectivity index (χ0n) is 15.4. The van der Waals surface area contributed by atoms with Crippen LogP contribution in [0.1, 0.15) is 11.1 Å². The van der Waals surface area contributed by atoms with E-state index in [9.17, 15) is 25.0 Å². The fraction of sp³-hybridized carbons (Fsp3) is 0.150. The number of nitro benzene ring substituents is 1. The number of anilines is 1. The van der Waals surface area contributed by atoms with Crippen LogP contribution in [0.2, 0.25) is 0 Å². The van der Waals surface area contributed by atoms with E-state index in [0.717, 1.165) is 17.3 Å². The maximum absolute atomic E-state index is 13.2. The molecule has 1 fully saturated rings. The highest BCUT2D eigenvalue weighted by molar-refractivity contribution is 8.05. The van der Waals surface area contributed by atoms with Crippen LogP contribution in [0.5, 0.6) is 0 Å². The molecule has 2 N–H and O–H groups in total. The molecule has 9 heteroatoms. The van der Waals surface area contributed by atoms with E-state index in [1.807, 2.05) is 6.92 Å². The molecule has 2 amide bonds. The van der Waals surface area contributed by atoms with E-state index in [1.165, 1.54) is 11.0 Å². The molecule has 2 aromatic rings. The third kappa shape index (κ3) is 3.97. The highest BCUT2D eigenvalue weighted by Gasteiger charge is 2.41. The standard InChI is InChI=1S/C20H16N4O4S/c1-12-6-8-14(9-7-12)23-19(26)17(29-20(23)15(11-21)18(22)25)10-13-4-2-3-5-16(13)24(27)28/h2-9,17H,10H2,1H3,(H2,22,25)/b20-15+/t17-/m0/s1. The lowest BCUT2D eigenvalue weighted by atomic mass is 10.1. The smallest absolute Gasteiger partial charge is 0.272 e. The minimum atomic E-state index is -0.939. The number of thioether (sulfide) groups is 1. The number of carbonyl (C=O) groups excluding carboxylic acids is 2. The number of primary amides is 1. The molecule has 0 aliphatic carbocycles. The molecule has 2 aromatic carbocycles. The van der Waals surface area contributed by atoms with Crippen molar-refractivity contribution in [3.63, 3.8) is 0 Å². The quantitative estimate of drug-likeness (QED) is 0.350. The Hall–Kier alpha value is -3.64. The van der Waals surface area contributed by atoms with Crippen LogP contribution in [-0.4, -0.2) is 22.0 Å². The van der Waals surface area contributed by atoms with Crippen LogP contribution in [-0.2, 0) is 16.0 Å². The van der Waals surface area contributed by atoms with E-state index < -0.39 is 16.1 Å². The lowest BCUT2D eigenvalue weighted by Gasteiger charge is -2.18. The summed E-state index contributed by atoms with van der Waals surface area (Å²) in [7, 11) is 0. The molecule has 8 nitrogen and oxygen atoms in total. The highest BCUT2D eigenvalue weighted by Crippen LogP contribution is 2.42. The molecule has 1 saturated heterocycles. The Kier molecular flexibility index (Phi) is 5.66. The number of nitrogens with two attached hydrogens (primary N) is 1. The molecule has 1 atom stereocenters. The van der Waals surface area contributed by atoms with Crippen molar-refractivity contribution < 1.29 is 14.5 Å². The predicted octanol–water partition coefficient (Wildman–Crippen LogP) is 2.81. The van der Waals surface area contributed by atoms with Crippen molar-refractivity contribution >= 4 is 35.0 Å². The molecule has 0 spiro atoms. The Bertz CT molecular complexity index is 1070. The van der Waals surface area contributed by atoms with E-state index >= 15 is 0 Å². The van der Waals surface area contributed by atoms with Gasteiger partial charge in [0.2, 0.25) is 5.91 Å². The average molecular weight is 408 g/mol. The fourth-order valence-electron chi connectivity index (χ4n) is 2.99. The lowest BCUT2D eigenvalue weighted by Crippen LogP contribution is -2.31. The van der Waals surface area contributed by atoms with Crippen molar-refractivity contribution in [2.45, 2.75) is 18.6 Å². The molecule has 0 aromatic heterocycles. The number of hydrogen-bond acceptors (Lipinski definition) is 6. The highest BCUT2D eigenvalue weighted by atomic mass is 32.2. The van der Waals surface area contributed by atoms with Crippen molar-refractivity contribution in [2.24, 2.45) is 5.73 Å². The number of nitro groups is 1. The molecule has 146 valence electrons. The number of para-hydroxylation sites is 1. The SMILES string of the molecule is Cc1ccc(N2C(=O)[C@H](Cc3ccccc3[N+](=O)[O-])S/C2=C(\C#N)C(N)=O)cc1. The molecule has 1 heterocycles. The third-order valence-electron chi connectivity index (χ3n) is 4.41. The van der Waals surface area contributed by atoms with E-state index in [4.69, 9.17) is 5.73 Å². The molecular formula is C20H16N4O4S. The molecule has 0 unspecified atom stereocenters. The van der Waals surface area contributed by atoms with Gasteiger partial charge < -0.3 is 5.73 Å². The maximum Gasteiger partial charge on any atom is 0.272 e. The van der Waals surface area contributed by atoms with Crippen molar-refractivity contribution in [3.8, 4) is 6.07 Å².